The van der Waals surface area contributed by atoms with Gasteiger partial charge in [0.1, 0.15) is 24.7 Å². The molecule has 0 saturated heterocycles. The summed E-state index contributed by atoms with van der Waals surface area (Å²) in [6, 6.07) is 19.5. The Morgan fingerprint density at radius 1 is 0.672 bits per heavy atom. The summed E-state index contributed by atoms with van der Waals surface area (Å²) in [6.07, 6.45) is 4.88. The minimum atomic E-state index is -1.12. The van der Waals surface area contributed by atoms with Gasteiger partial charge in [0.2, 0.25) is 0 Å². The van der Waals surface area contributed by atoms with E-state index in [1.165, 1.54) is 4.90 Å². The highest BCUT2D eigenvalue weighted by Crippen LogP contribution is 2.36. The maximum Gasteiger partial charge on any atom is 0.261 e. The van der Waals surface area contributed by atoms with Gasteiger partial charge in [-0.3, -0.25) is 34.0 Å². The Hall–Kier alpha value is -6.44. The molecule has 2 amide bonds. The van der Waals surface area contributed by atoms with Crippen molar-refractivity contribution in [1.29, 1.82) is 0 Å². The number of hydrogen-bond acceptors (Lipinski definition) is 10. The number of hydrogen-bond donors (Lipinski definition) is 2. The van der Waals surface area contributed by atoms with Crippen LogP contribution in [0, 0.1) is 25.7 Å². The van der Waals surface area contributed by atoms with Crippen LogP contribution in [0.3, 0.4) is 0 Å². The van der Waals surface area contributed by atoms with Gasteiger partial charge < -0.3 is 29.4 Å². The minimum absolute atomic E-state index is 0.100. The number of carbonyl (C=O) groups excluding carboxylic acids is 2. The van der Waals surface area contributed by atoms with Crippen LogP contribution in [0.1, 0.15) is 92.1 Å². The fraction of sp³-hybridized carbons (Fsp3) is 0.373. The van der Waals surface area contributed by atoms with Crippen LogP contribution in [-0.2, 0) is 19.7 Å². The molecule has 0 spiro atoms. The van der Waals surface area contributed by atoms with Gasteiger partial charge in [0.05, 0.1) is 56.0 Å². The average Bonchev–Trinajstić information content (AvgIpc) is 3.50. The summed E-state index contributed by atoms with van der Waals surface area (Å²) in [4.78, 5) is 62.0. The number of ether oxygens (including phenoxy) is 2. The van der Waals surface area contributed by atoms with E-state index in [0.29, 0.717) is 69.3 Å². The first kappa shape index (κ1) is 45.6. The van der Waals surface area contributed by atoms with Gasteiger partial charge in [0.15, 0.2) is 0 Å². The molecule has 0 bridgehead atoms. The van der Waals surface area contributed by atoms with E-state index in [-0.39, 0.29) is 41.5 Å². The summed E-state index contributed by atoms with van der Waals surface area (Å²) < 4.78 is 15.4. The Kier molecular flexibility index (Phi) is 12.8. The van der Waals surface area contributed by atoms with Crippen LogP contribution in [0.5, 0.6) is 11.5 Å². The summed E-state index contributed by atoms with van der Waals surface area (Å²) in [5.74, 6) is 1.29. The molecule has 3 aromatic carbocycles. The van der Waals surface area contributed by atoms with E-state index in [4.69, 9.17) is 15.2 Å². The van der Waals surface area contributed by atoms with Gasteiger partial charge in [-0.05, 0) is 106 Å². The van der Waals surface area contributed by atoms with Gasteiger partial charge in [-0.15, -0.1) is 0 Å². The largest absolute Gasteiger partial charge is 0.491 e. The Bertz CT molecular complexity index is 3040. The third-order valence-corrected chi connectivity index (χ3v) is 12.0. The van der Waals surface area contributed by atoms with Crippen molar-refractivity contribution in [2.24, 2.45) is 31.7 Å². The number of aryl methyl sites for hydroxylation is 4. The Morgan fingerprint density at radius 3 is 1.73 bits per heavy atom. The Balaban J connectivity index is 0.000000195. The van der Waals surface area contributed by atoms with E-state index in [2.05, 4.69) is 37.7 Å². The number of imide groups is 1. The topological polar surface area (TPSA) is 172 Å². The van der Waals surface area contributed by atoms with Gasteiger partial charge in [0.25, 0.3) is 22.9 Å². The molecule has 0 aliphatic carbocycles. The van der Waals surface area contributed by atoms with E-state index in [0.717, 1.165) is 39.0 Å². The molecule has 5 heterocycles. The molecule has 7 aromatic rings. The minimum Gasteiger partial charge on any atom is -0.491 e. The summed E-state index contributed by atoms with van der Waals surface area (Å²) in [5, 5.41) is 15.5. The van der Waals surface area contributed by atoms with Crippen molar-refractivity contribution in [2.45, 2.75) is 85.9 Å². The van der Waals surface area contributed by atoms with E-state index in [9.17, 15) is 24.3 Å². The second-order valence-electron chi connectivity index (χ2n) is 18.3. The number of nitrogens with zero attached hydrogens (tertiary/aromatic N) is 5. The lowest BCUT2D eigenvalue weighted by Gasteiger charge is -2.27. The van der Waals surface area contributed by atoms with Crippen molar-refractivity contribution < 1.29 is 24.2 Å². The van der Waals surface area contributed by atoms with Crippen molar-refractivity contribution in [3.05, 3.63) is 128 Å². The van der Waals surface area contributed by atoms with E-state index in [1.807, 2.05) is 56.3 Å². The fourth-order valence-corrected chi connectivity index (χ4v) is 8.84. The van der Waals surface area contributed by atoms with Crippen molar-refractivity contribution >= 4 is 55.2 Å². The summed E-state index contributed by atoms with van der Waals surface area (Å²) in [5.41, 5.74) is 9.26. The second-order valence-corrected chi connectivity index (χ2v) is 18.3. The van der Waals surface area contributed by atoms with E-state index >= 15 is 0 Å². The maximum absolute atomic E-state index is 13.1. The van der Waals surface area contributed by atoms with Crippen LogP contribution < -0.4 is 26.3 Å². The zero-order valence-corrected chi connectivity index (χ0v) is 38.4. The first-order valence-corrected chi connectivity index (χ1v) is 21.8. The van der Waals surface area contributed by atoms with Crippen molar-refractivity contribution in [3.63, 3.8) is 0 Å². The first-order chi connectivity index (χ1) is 30.3. The molecule has 4 aromatic heterocycles. The van der Waals surface area contributed by atoms with Gasteiger partial charge in [-0.1, -0.05) is 39.8 Å². The lowest BCUT2D eigenvalue weighted by molar-refractivity contribution is 0.0507. The first-order valence-electron chi connectivity index (χ1n) is 21.8. The normalized spacial score (nSPS) is 13.9. The standard InChI is InChI=1S/C28H27N3O4.C23H31N3O3/c1-16(2)13-18(31-26(32)22-7-5-6-8-23(22)27(31)33)15-35-19-9-10-20-21-11-12-29-17(3)25(21)28(34)30(4)24(20)14-19;1-13(2)9-15(24)12-29-20-11-19-17(10-18(20)23(4,5)28)16-7-8-25-14(3)21(16)22(27)26(19)6/h5-12,14,16,18H,13,15H2,1-4H3;7-8,10-11,13,15,28H,9,12,24H2,1-6H3/t18-;15-/m00/s1. The summed E-state index contributed by atoms with van der Waals surface area (Å²) >= 11 is 0. The number of amides is 2. The number of carbonyl (C=O) groups is 2. The molecule has 13 nitrogen and oxygen atoms in total. The molecule has 1 aliphatic rings. The number of aromatic nitrogens is 4. The van der Waals surface area contributed by atoms with Gasteiger partial charge in [0, 0.05) is 61.0 Å². The number of aliphatic hydroxyl groups is 1. The lowest BCUT2D eigenvalue weighted by Crippen LogP contribution is -2.44. The number of benzene rings is 3. The molecule has 8 rings (SSSR count). The van der Waals surface area contributed by atoms with Crippen LogP contribution >= 0.6 is 0 Å². The Morgan fingerprint density at radius 2 is 1.20 bits per heavy atom. The lowest BCUT2D eigenvalue weighted by atomic mass is 9.93. The molecule has 64 heavy (non-hydrogen) atoms. The zero-order valence-electron chi connectivity index (χ0n) is 38.4. The van der Waals surface area contributed by atoms with Crippen LogP contribution in [0.4, 0.5) is 0 Å². The Labute approximate surface area is 372 Å². The monoisotopic (exact) mass is 866 g/mol. The summed E-state index contributed by atoms with van der Waals surface area (Å²) in [6.45, 7) is 16.0. The average molecular weight is 867 g/mol. The van der Waals surface area contributed by atoms with Crippen molar-refractivity contribution in [3.8, 4) is 11.5 Å². The van der Waals surface area contributed by atoms with Crippen LogP contribution in [0.2, 0.25) is 0 Å². The number of rotatable bonds is 12. The molecule has 13 heteroatoms. The highest BCUT2D eigenvalue weighted by Gasteiger charge is 2.40. The summed E-state index contributed by atoms with van der Waals surface area (Å²) in [7, 11) is 3.48. The smallest absolute Gasteiger partial charge is 0.261 e. The van der Waals surface area contributed by atoms with Crippen molar-refractivity contribution in [2.75, 3.05) is 13.2 Å². The molecule has 1 aliphatic heterocycles. The number of fused-ring (bicyclic) bond motifs is 7. The third-order valence-electron chi connectivity index (χ3n) is 12.0. The number of pyridine rings is 4. The van der Waals surface area contributed by atoms with E-state index in [1.54, 1.807) is 73.7 Å². The molecule has 0 fully saturated rings. The van der Waals surface area contributed by atoms with Gasteiger partial charge in [-0.25, -0.2) is 0 Å². The molecule has 0 saturated carbocycles. The molecule has 3 N–H and O–H groups in total. The molecular formula is C51H58N6O7. The van der Waals surface area contributed by atoms with Crippen LogP contribution in [0.25, 0.3) is 43.4 Å². The third kappa shape index (κ3) is 8.74. The fourth-order valence-electron chi connectivity index (χ4n) is 8.84. The highest BCUT2D eigenvalue weighted by atomic mass is 16.5. The molecule has 0 radical (unpaired) electrons. The predicted molar refractivity (Wildman–Crippen MR) is 252 cm³/mol. The second kappa shape index (κ2) is 18.0. The molecular weight excluding hydrogens is 809 g/mol. The highest BCUT2D eigenvalue weighted by molar-refractivity contribution is 6.21. The quantitative estimate of drug-likeness (QED) is 0.0910. The van der Waals surface area contributed by atoms with Gasteiger partial charge in [-0.2, -0.15) is 0 Å². The van der Waals surface area contributed by atoms with Crippen LogP contribution in [0.15, 0.2) is 88.7 Å². The van der Waals surface area contributed by atoms with E-state index < -0.39 is 11.6 Å². The zero-order chi connectivity index (χ0) is 46.4. The SMILES string of the molecule is Cc1nccc2c1c(=O)n(C)c1cc(OC[C@@H](N)CC(C)C)c(C(C)(C)O)cc21.Cc1nccc2c1c(=O)n(C)c1cc(OC[C@H](CC(C)C)N3C(=O)c4ccccc4C3=O)ccc21. The maximum atomic E-state index is 13.1. The van der Waals surface area contributed by atoms with Crippen LogP contribution in [-0.4, -0.2) is 66.2 Å². The van der Waals surface area contributed by atoms with Crippen molar-refractivity contribution in [1.82, 2.24) is 24.0 Å². The molecule has 334 valence electrons. The molecule has 0 unspecified atom stereocenters. The predicted octanol–water partition coefficient (Wildman–Crippen LogP) is 7.86. The van der Waals surface area contributed by atoms with Gasteiger partial charge >= 0.3 is 0 Å². The number of nitrogens with two attached hydrogens (primary N) is 1. The molecule has 2 atom stereocenters.